The van der Waals surface area contributed by atoms with Crippen molar-refractivity contribution in [2.75, 3.05) is 13.7 Å². The molecule has 0 unspecified atom stereocenters. The predicted molar refractivity (Wildman–Crippen MR) is 124 cm³/mol. The number of fused-ring (bicyclic) bond motifs is 1. The van der Waals surface area contributed by atoms with Gasteiger partial charge in [0.1, 0.15) is 5.82 Å². The fraction of sp³-hybridized carbons (Fsp3) is 0.375. The van der Waals surface area contributed by atoms with Crippen LogP contribution in [-0.4, -0.2) is 43.8 Å². The molecule has 1 aliphatic heterocycles. The summed E-state index contributed by atoms with van der Waals surface area (Å²) in [7, 11) is -2.16. The predicted octanol–water partition coefficient (Wildman–Crippen LogP) is 4.01. The Morgan fingerprint density at radius 1 is 1.18 bits per heavy atom. The minimum absolute atomic E-state index is 0.0234. The van der Waals surface area contributed by atoms with Crippen molar-refractivity contribution in [2.24, 2.45) is 0 Å². The van der Waals surface area contributed by atoms with E-state index in [2.05, 4.69) is 9.29 Å². The Morgan fingerprint density at radius 2 is 1.88 bits per heavy atom. The maximum atomic E-state index is 14.5. The third-order valence-corrected chi connectivity index (χ3v) is 7.17. The summed E-state index contributed by atoms with van der Waals surface area (Å²) < 4.78 is 55.0. The quantitative estimate of drug-likeness (QED) is 0.585. The highest BCUT2D eigenvalue weighted by molar-refractivity contribution is 7.89. The monoisotopic (exact) mass is 473 g/mol. The van der Waals surface area contributed by atoms with Crippen molar-refractivity contribution in [3.8, 4) is 28.4 Å². The first-order chi connectivity index (χ1) is 15.7. The summed E-state index contributed by atoms with van der Waals surface area (Å²) in [5.74, 6) is 0.348. The van der Waals surface area contributed by atoms with Crippen molar-refractivity contribution >= 4 is 10.0 Å². The smallest absolute Gasteiger partial charge is 0.240 e. The molecule has 3 aromatic rings. The minimum Gasteiger partial charge on any atom is -0.494 e. The van der Waals surface area contributed by atoms with E-state index in [9.17, 15) is 12.8 Å². The van der Waals surface area contributed by atoms with Crippen molar-refractivity contribution in [1.29, 1.82) is 0 Å². The second kappa shape index (κ2) is 9.24. The fourth-order valence-corrected chi connectivity index (χ4v) is 5.28. The molecule has 9 heteroatoms. The topological polar surface area (TPSA) is 82.5 Å². The molecule has 0 aliphatic carbocycles. The van der Waals surface area contributed by atoms with Crippen LogP contribution in [0, 0.1) is 5.82 Å². The number of halogens is 1. The number of rotatable bonds is 6. The molecular weight excluding hydrogens is 445 g/mol. The van der Waals surface area contributed by atoms with Crippen LogP contribution in [0.4, 0.5) is 4.39 Å². The SMILES string of the molecule is COc1ccc(-c2nc(-c3ccc(S(=O)(=O)NC(C)C)cc3)c3n2C[C@@H](C)OCC3)cc1F. The van der Waals surface area contributed by atoms with Crippen LogP contribution in [0.5, 0.6) is 5.75 Å². The van der Waals surface area contributed by atoms with E-state index < -0.39 is 15.8 Å². The molecule has 0 radical (unpaired) electrons. The molecule has 1 N–H and O–H groups in total. The van der Waals surface area contributed by atoms with Gasteiger partial charge in [-0.1, -0.05) is 12.1 Å². The van der Waals surface area contributed by atoms with Gasteiger partial charge in [-0.05, 0) is 51.1 Å². The van der Waals surface area contributed by atoms with Crippen molar-refractivity contribution in [1.82, 2.24) is 14.3 Å². The van der Waals surface area contributed by atoms with Crippen molar-refractivity contribution < 1.29 is 22.3 Å². The number of hydrogen-bond donors (Lipinski definition) is 1. The molecule has 2 aromatic carbocycles. The Balaban J connectivity index is 1.80. The van der Waals surface area contributed by atoms with E-state index >= 15 is 0 Å². The Kier molecular flexibility index (Phi) is 6.56. The first kappa shape index (κ1) is 23.4. The van der Waals surface area contributed by atoms with E-state index in [4.69, 9.17) is 14.5 Å². The molecule has 1 atom stereocenters. The van der Waals surface area contributed by atoms with E-state index in [1.54, 1.807) is 50.2 Å². The fourth-order valence-electron chi connectivity index (χ4n) is 4.03. The third-order valence-electron chi connectivity index (χ3n) is 5.49. The Bertz CT molecular complexity index is 1250. The Hall–Kier alpha value is -2.75. The third kappa shape index (κ3) is 4.80. The van der Waals surface area contributed by atoms with Gasteiger partial charge in [0.2, 0.25) is 10.0 Å². The van der Waals surface area contributed by atoms with Gasteiger partial charge in [0.25, 0.3) is 0 Å². The number of methoxy groups -OCH3 is 1. The lowest BCUT2D eigenvalue weighted by Crippen LogP contribution is -2.30. The highest BCUT2D eigenvalue weighted by Crippen LogP contribution is 2.33. The summed E-state index contributed by atoms with van der Waals surface area (Å²) in [6.45, 7) is 6.67. The normalized spacial score (nSPS) is 16.5. The van der Waals surface area contributed by atoms with E-state index in [0.29, 0.717) is 31.0 Å². The summed E-state index contributed by atoms with van der Waals surface area (Å²) in [4.78, 5) is 5.07. The molecular formula is C24H28FN3O4S. The molecule has 4 rings (SSSR count). The van der Waals surface area contributed by atoms with Crippen LogP contribution in [0.25, 0.3) is 22.6 Å². The van der Waals surface area contributed by atoms with E-state index in [1.165, 1.54) is 13.2 Å². The van der Waals surface area contributed by atoms with Gasteiger partial charge in [0.05, 0.1) is 37.0 Å². The van der Waals surface area contributed by atoms with Gasteiger partial charge in [0, 0.05) is 29.3 Å². The lowest BCUT2D eigenvalue weighted by Gasteiger charge is -2.13. The number of nitrogens with one attached hydrogen (secondary N) is 1. The highest BCUT2D eigenvalue weighted by atomic mass is 32.2. The van der Waals surface area contributed by atoms with E-state index in [-0.39, 0.29) is 22.8 Å². The zero-order valence-electron chi connectivity index (χ0n) is 19.1. The zero-order chi connectivity index (χ0) is 23.8. The summed E-state index contributed by atoms with van der Waals surface area (Å²) >= 11 is 0. The lowest BCUT2D eigenvalue weighted by molar-refractivity contribution is 0.0666. The van der Waals surface area contributed by atoms with Crippen molar-refractivity contribution in [2.45, 2.75) is 50.8 Å². The average Bonchev–Trinajstić information content (AvgIpc) is 2.99. The number of hydrogen-bond acceptors (Lipinski definition) is 5. The molecule has 0 bridgehead atoms. The van der Waals surface area contributed by atoms with Gasteiger partial charge in [-0.3, -0.25) is 0 Å². The molecule has 33 heavy (non-hydrogen) atoms. The van der Waals surface area contributed by atoms with Gasteiger partial charge in [-0.15, -0.1) is 0 Å². The van der Waals surface area contributed by atoms with Crippen LogP contribution in [0.1, 0.15) is 26.5 Å². The average molecular weight is 474 g/mol. The van der Waals surface area contributed by atoms with Gasteiger partial charge in [-0.25, -0.2) is 22.5 Å². The molecule has 0 saturated carbocycles. The first-order valence-electron chi connectivity index (χ1n) is 10.9. The number of imidazole rings is 1. The first-order valence-corrected chi connectivity index (χ1v) is 12.4. The molecule has 0 spiro atoms. The molecule has 1 aliphatic rings. The van der Waals surface area contributed by atoms with Crippen LogP contribution in [-0.2, 0) is 27.7 Å². The number of benzene rings is 2. The molecule has 1 aromatic heterocycles. The van der Waals surface area contributed by atoms with Crippen LogP contribution in [0.15, 0.2) is 47.4 Å². The van der Waals surface area contributed by atoms with Crippen molar-refractivity contribution in [3.63, 3.8) is 0 Å². The maximum Gasteiger partial charge on any atom is 0.240 e. The molecule has 0 fully saturated rings. The Morgan fingerprint density at radius 3 is 2.52 bits per heavy atom. The van der Waals surface area contributed by atoms with Crippen LogP contribution in [0.3, 0.4) is 0 Å². The standard InChI is InChI=1S/C24H28FN3O4S/c1-15(2)27-33(29,30)19-8-5-17(6-9-19)23-21-11-12-32-16(3)14-28(21)24(26-23)18-7-10-22(31-4)20(25)13-18/h5-10,13,15-16,27H,11-12,14H2,1-4H3/t16-/m1/s1. The van der Waals surface area contributed by atoms with E-state index in [0.717, 1.165) is 17.0 Å². The van der Waals surface area contributed by atoms with Gasteiger partial charge in [0.15, 0.2) is 11.6 Å². The van der Waals surface area contributed by atoms with Crippen LogP contribution in [0.2, 0.25) is 0 Å². The largest absolute Gasteiger partial charge is 0.494 e. The van der Waals surface area contributed by atoms with Crippen LogP contribution < -0.4 is 9.46 Å². The molecule has 176 valence electrons. The van der Waals surface area contributed by atoms with Gasteiger partial charge >= 0.3 is 0 Å². The highest BCUT2D eigenvalue weighted by Gasteiger charge is 2.25. The van der Waals surface area contributed by atoms with E-state index in [1.807, 2.05) is 6.92 Å². The number of sulfonamides is 1. The number of nitrogens with zero attached hydrogens (tertiary/aromatic N) is 2. The van der Waals surface area contributed by atoms with Crippen LogP contribution >= 0.6 is 0 Å². The summed E-state index contributed by atoms with van der Waals surface area (Å²) in [6.07, 6.45) is 0.616. The lowest BCUT2D eigenvalue weighted by atomic mass is 10.1. The maximum absolute atomic E-state index is 14.5. The summed E-state index contributed by atoms with van der Waals surface area (Å²) in [5, 5.41) is 0. The minimum atomic E-state index is -3.59. The number of aromatic nitrogens is 2. The second-order valence-electron chi connectivity index (χ2n) is 8.42. The second-order valence-corrected chi connectivity index (χ2v) is 10.1. The van der Waals surface area contributed by atoms with Gasteiger partial charge < -0.3 is 14.0 Å². The Labute approximate surface area is 193 Å². The molecule has 0 amide bonds. The molecule has 0 saturated heterocycles. The summed E-state index contributed by atoms with van der Waals surface area (Å²) in [6, 6.07) is 11.3. The zero-order valence-corrected chi connectivity index (χ0v) is 19.9. The molecule has 7 nitrogen and oxygen atoms in total. The van der Waals surface area contributed by atoms with Crippen molar-refractivity contribution in [3.05, 3.63) is 54.0 Å². The number of ether oxygens (including phenoxy) is 2. The summed E-state index contributed by atoms with van der Waals surface area (Å²) in [5.41, 5.74) is 3.13. The molecule has 2 heterocycles. The van der Waals surface area contributed by atoms with Gasteiger partial charge in [-0.2, -0.15) is 0 Å².